The smallest absolute Gasteiger partial charge is 0.246 e. The number of amides is 1. The lowest BCUT2D eigenvalue weighted by atomic mass is 10.2. The summed E-state index contributed by atoms with van der Waals surface area (Å²) >= 11 is 6.08. The molecule has 2 rings (SSSR count). The molecule has 1 atom stereocenters. The highest BCUT2D eigenvalue weighted by molar-refractivity contribution is 6.31. The predicted molar refractivity (Wildman–Crippen MR) is 97.4 cm³/mol. The summed E-state index contributed by atoms with van der Waals surface area (Å²) in [6.07, 6.45) is 0. The van der Waals surface area contributed by atoms with E-state index in [0.717, 1.165) is 11.3 Å². The molecule has 24 heavy (non-hydrogen) atoms. The van der Waals surface area contributed by atoms with E-state index in [2.05, 4.69) is 10.6 Å². The third-order valence-electron chi connectivity index (χ3n) is 3.69. The van der Waals surface area contributed by atoms with Gasteiger partial charge in [0.05, 0.1) is 14.2 Å². The van der Waals surface area contributed by atoms with Crippen LogP contribution in [0.5, 0.6) is 11.5 Å². The van der Waals surface area contributed by atoms with Crippen molar-refractivity contribution in [2.24, 2.45) is 0 Å². The van der Waals surface area contributed by atoms with Gasteiger partial charge in [-0.15, -0.1) is 0 Å². The molecule has 2 aromatic rings. The van der Waals surface area contributed by atoms with Crippen LogP contribution < -0.4 is 20.1 Å². The number of carbonyl (C=O) groups is 1. The van der Waals surface area contributed by atoms with E-state index in [1.807, 2.05) is 19.1 Å². The minimum absolute atomic E-state index is 0.157. The van der Waals surface area contributed by atoms with E-state index in [4.69, 9.17) is 21.1 Å². The summed E-state index contributed by atoms with van der Waals surface area (Å²) in [6.45, 7) is 3.65. The quantitative estimate of drug-likeness (QED) is 0.825. The number of methoxy groups -OCH3 is 2. The third kappa shape index (κ3) is 4.11. The number of hydrogen-bond acceptors (Lipinski definition) is 4. The van der Waals surface area contributed by atoms with Gasteiger partial charge in [-0.25, -0.2) is 0 Å². The van der Waals surface area contributed by atoms with Gasteiger partial charge in [0.2, 0.25) is 5.91 Å². The zero-order chi connectivity index (χ0) is 17.7. The van der Waals surface area contributed by atoms with Gasteiger partial charge in [-0.3, -0.25) is 4.79 Å². The highest BCUT2D eigenvalue weighted by atomic mass is 35.5. The van der Waals surface area contributed by atoms with Gasteiger partial charge in [0.25, 0.3) is 0 Å². The zero-order valence-electron chi connectivity index (χ0n) is 14.1. The van der Waals surface area contributed by atoms with Crippen molar-refractivity contribution < 1.29 is 14.3 Å². The first-order valence-electron chi connectivity index (χ1n) is 7.50. The molecule has 0 radical (unpaired) electrons. The van der Waals surface area contributed by atoms with Crippen molar-refractivity contribution in [3.05, 3.63) is 47.0 Å². The average Bonchev–Trinajstić information content (AvgIpc) is 2.58. The molecule has 0 aliphatic carbocycles. The molecule has 1 unspecified atom stereocenters. The van der Waals surface area contributed by atoms with Crippen molar-refractivity contribution in [1.29, 1.82) is 0 Å². The van der Waals surface area contributed by atoms with Crippen molar-refractivity contribution in [3.8, 4) is 11.5 Å². The molecular formula is C18H21ClN2O3. The van der Waals surface area contributed by atoms with Gasteiger partial charge in [0.1, 0.15) is 6.04 Å². The maximum absolute atomic E-state index is 12.4. The lowest BCUT2D eigenvalue weighted by Gasteiger charge is -2.17. The van der Waals surface area contributed by atoms with Gasteiger partial charge in [0.15, 0.2) is 11.5 Å². The lowest BCUT2D eigenvalue weighted by molar-refractivity contribution is -0.116. The number of ether oxygens (including phenoxy) is 2. The molecule has 0 bridgehead atoms. The molecule has 2 N–H and O–H groups in total. The predicted octanol–water partition coefficient (Wildman–Crippen LogP) is 4.10. The number of carbonyl (C=O) groups excluding carboxylic acids is 1. The van der Waals surface area contributed by atoms with Crippen molar-refractivity contribution in [3.63, 3.8) is 0 Å². The van der Waals surface area contributed by atoms with Crippen molar-refractivity contribution in [1.82, 2.24) is 0 Å². The first-order valence-corrected chi connectivity index (χ1v) is 7.88. The Morgan fingerprint density at radius 1 is 1.12 bits per heavy atom. The Kier molecular flexibility index (Phi) is 5.93. The van der Waals surface area contributed by atoms with Crippen LogP contribution in [0.3, 0.4) is 0 Å². The lowest BCUT2D eigenvalue weighted by Crippen LogP contribution is -2.32. The molecule has 1 amide bonds. The molecule has 0 fully saturated rings. The second kappa shape index (κ2) is 7.93. The summed E-state index contributed by atoms with van der Waals surface area (Å²) in [6, 6.07) is 10.4. The molecule has 0 aromatic heterocycles. The van der Waals surface area contributed by atoms with Gasteiger partial charge in [-0.05, 0) is 43.7 Å². The monoisotopic (exact) mass is 348 g/mol. The summed E-state index contributed by atoms with van der Waals surface area (Å²) < 4.78 is 10.5. The van der Waals surface area contributed by atoms with Gasteiger partial charge < -0.3 is 20.1 Å². The fraction of sp³-hybridized carbons (Fsp3) is 0.278. The van der Waals surface area contributed by atoms with Crippen LogP contribution >= 0.6 is 11.6 Å². The van der Waals surface area contributed by atoms with Crippen LogP contribution in [-0.4, -0.2) is 26.2 Å². The first-order chi connectivity index (χ1) is 11.5. The largest absolute Gasteiger partial charge is 0.493 e. The summed E-state index contributed by atoms with van der Waals surface area (Å²) in [5, 5.41) is 6.64. The SMILES string of the molecule is COc1ccc(NC(C)C(=O)Nc2cccc(Cl)c2C)cc1OC. The first kappa shape index (κ1) is 17.9. The highest BCUT2D eigenvalue weighted by Gasteiger charge is 2.15. The average molecular weight is 349 g/mol. The van der Waals surface area contributed by atoms with E-state index in [1.165, 1.54) is 0 Å². The number of nitrogens with one attached hydrogen (secondary N) is 2. The van der Waals surface area contributed by atoms with Crippen molar-refractivity contribution in [2.45, 2.75) is 19.9 Å². The molecular weight excluding hydrogens is 328 g/mol. The van der Waals surface area contributed by atoms with Crippen LogP contribution in [0.4, 0.5) is 11.4 Å². The Labute approximate surface area is 146 Å². The van der Waals surface area contributed by atoms with Crippen LogP contribution in [-0.2, 0) is 4.79 Å². The summed E-state index contributed by atoms with van der Waals surface area (Å²) in [5.41, 5.74) is 2.30. The molecule has 2 aromatic carbocycles. The van der Waals surface area contributed by atoms with Crippen LogP contribution in [0.1, 0.15) is 12.5 Å². The number of hydrogen-bond donors (Lipinski definition) is 2. The number of benzene rings is 2. The Bertz CT molecular complexity index is 734. The molecule has 0 saturated heterocycles. The number of anilines is 2. The van der Waals surface area contributed by atoms with E-state index < -0.39 is 6.04 Å². The zero-order valence-corrected chi connectivity index (χ0v) is 14.9. The minimum Gasteiger partial charge on any atom is -0.493 e. The molecule has 0 saturated carbocycles. The minimum atomic E-state index is -0.443. The second-order valence-corrected chi connectivity index (χ2v) is 5.74. The molecule has 6 heteroatoms. The number of halogens is 1. The molecule has 128 valence electrons. The van der Waals surface area contributed by atoms with E-state index in [-0.39, 0.29) is 5.91 Å². The maximum Gasteiger partial charge on any atom is 0.246 e. The Balaban J connectivity index is 2.07. The molecule has 5 nitrogen and oxygen atoms in total. The van der Waals surface area contributed by atoms with Gasteiger partial charge in [-0.1, -0.05) is 17.7 Å². The normalized spacial score (nSPS) is 11.5. The van der Waals surface area contributed by atoms with Crippen LogP contribution in [0.15, 0.2) is 36.4 Å². The second-order valence-electron chi connectivity index (χ2n) is 5.34. The number of rotatable bonds is 6. The van der Waals surface area contributed by atoms with Gasteiger partial charge >= 0.3 is 0 Å². The Hall–Kier alpha value is -2.40. The van der Waals surface area contributed by atoms with Gasteiger partial charge in [0, 0.05) is 22.5 Å². The molecule has 0 spiro atoms. The van der Waals surface area contributed by atoms with Crippen LogP contribution in [0.25, 0.3) is 0 Å². The highest BCUT2D eigenvalue weighted by Crippen LogP contribution is 2.30. The van der Waals surface area contributed by atoms with E-state index in [0.29, 0.717) is 22.2 Å². The molecule has 0 aliphatic rings. The fourth-order valence-electron chi connectivity index (χ4n) is 2.23. The van der Waals surface area contributed by atoms with Crippen molar-refractivity contribution in [2.75, 3.05) is 24.9 Å². The summed E-state index contributed by atoms with van der Waals surface area (Å²) in [4.78, 5) is 12.4. The standard InChI is InChI=1S/C18H21ClN2O3/c1-11-14(19)6-5-7-15(11)21-18(22)12(2)20-13-8-9-16(23-3)17(10-13)24-4/h5-10,12,20H,1-4H3,(H,21,22). The summed E-state index contributed by atoms with van der Waals surface area (Å²) in [7, 11) is 3.15. The maximum atomic E-state index is 12.4. The third-order valence-corrected chi connectivity index (χ3v) is 4.10. The topological polar surface area (TPSA) is 59.6 Å². The Morgan fingerprint density at radius 2 is 1.83 bits per heavy atom. The molecule has 0 aliphatic heterocycles. The van der Waals surface area contributed by atoms with E-state index >= 15 is 0 Å². The van der Waals surface area contributed by atoms with E-state index in [9.17, 15) is 4.79 Å². The van der Waals surface area contributed by atoms with Crippen LogP contribution in [0.2, 0.25) is 5.02 Å². The molecule has 0 heterocycles. The summed E-state index contributed by atoms with van der Waals surface area (Å²) in [5.74, 6) is 1.07. The van der Waals surface area contributed by atoms with Gasteiger partial charge in [-0.2, -0.15) is 0 Å². The Morgan fingerprint density at radius 3 is 2.50 bits per heavy atom. The van der Waals surface area contributed by atoms with Crippen molar-refractivity contribution >= 4 is 28.9 Å². The fourth-order valence-corrected chi connectivity index (χ4v) is 2.40. The van der Waals surface area contributed by atoms with Crippen LogP contribution in [0, 0.1) is 6.92 Å². The van der Waals surface area contributed by atoms with E-state index in [1.54, 1.807) is 45.4 Å².